The van der Waals surface area contributed by atoms with Crippen molar-refractivity contribution in [2.45, 2.75) is 0 Å². The summed E-state index contributed by atoms with van der Waals surface area (Å²) in [5.74, 6) is 0.934. The van der Waals surface area contributed by atoms with E-state index < -0.39 is 5.69 Å². The fourth-order valence-electron chi connectivity index (χ4n) is 2.44. The number of halogens is 1. The molecule has 7 nitrogen and oxygen atoms in total. The van der Waals surface area contributed by atoms with E-state index in [1.165, 1.54) is 15.9 Å². The molecule has 0 unspecified atom stereocenters. The van der Waals surface area contributed by atoms with Crippen LogP contribution < -0.4 is 15.3 Å². The molecule has 112 valence electrons. The standard InChI is InChI=1S/C13H10ClN5O2S/c1-18-3-4-21-11-9-7(6-8(14)16-11)19(12(20)17-10(9)18)13-15-2-5-22-13/h2,5-6H,3-4H2,1H3. The van der Waals surface area contributed by atoms with Crippen molar-refractivity contribution in [1.29, 1.82) is 0 Å². The Kier molecular flexibility index (Phi) is 3.02. The third kappa shape index (κ3) is 1.95. The summed E-state index contributed by atoms with van der Waals surface area (Å²) in [6.07, 6.45) is 1.64. The van der Waals surface area contributed by atoms with E-state index in [2.05, 4.69) is 15.0 Å². The average molecular weight is 336 g/mol. The van der Waals surface area contributed by atoms with E-state index in [1.807, 2.05) is 11.9 Å². The summed E-state index contributed by atoms with van der Waals surface area (Å²) in [4.78, 5) is 27.0. The number of aromatic nitrogens is 4. The summed E-state index contributed by atoms with van der Waals surface area (Å²) in [7, 11) is 1.86. The van der Waals surface area contributed by atoms with Gasteiger partial charge in [0.2, 0.25) is 5.88 Å². The van der Waals surface area contributed by atoms with Gasteiger partial charge >= 0.3 is 5.69 Å². The first-order valence-electron chi connectivity index (χ1n) is 6.52. The molecule has 3 aromatic heterocycles. The maximum absolute atomic E-state index is 12.5. The van der Waals surface area contributed by atoms with Gasteiger partial charge in [0.25, 0.3) is 0 Å². The minimum absolute atomic E-state index is 0.258. The molecule has 0 saturated carbocycles. The van der Waals surface area contributed by atoms with Crippen LogP contribution >= 0.6 is 22.9 Å². The van der Waals surface area contributed by atoms with Crippen LogP contribution in [0.25, 0.3) is 16.0 Å². The summed E-state index contributed by atoms with van der Waals surface area (Å²) < 4.78 is 7.11. The second kappa shape index (κ2) is 4.92. The Bertz CT molecular complexity index is 924. The number of anilines is 1. The van der Waals surface area contributed by atoms with E-state index in [4.69, 9.17) is 16.3 Å². The lowest BCUT2D eigenvalue weighted by Gasteiger charge is -2.17. The van der Waals surface area contributed by atoms with Crippen LogP contribution in [0.1, 0.15) is 0 Å². The molecule has 0 saturated heterocycles. The summed E-state index contributed by atoms with van der Waals surface area (Å²) in [6.45, 7) is 1.05. The molecule has 0 N–H and O–H groups in total. The van der Waals surface area contributed by atoms with Crippen molar-refractivity contribution >= 4 is 39.7 Å². The Morgan fingerprint density at radius 1 is 1.41 bits per heavy atom. The summed E-state index contributed by atoms with van der Waals surface area (Å²) in [5.41, 5.74) is 0.188. The molecule has 3 aromatic rings. The monoisotopic (exact) mass is 335 g/mol. The minimum Gasteiger partial charge on any atom is -0.475 e. The molecule has 22 heavy (non-hydrogen) atoms. The van der Waals surface area contributed by atoms with Gasteiger partial charge in [0, 0.05) is 24.7 Å². The largest absolute Gasteiger partial charge is 0.475 e. The molecule has 0 bridgehead atoms. The highest BCUT2D eigenvalue weighted by Gasteiger charge is 2.23. The zero-order chi connectivity index (χ0) is 15.3. The molecular weight excluding hydrogens is 326 g/mol. The molecule has 9 heteroatoms. The van der Waals surface area contributed by atoms with Gasteiger partial charge < -0.3 is 9.64 Å². The van der Waals surface area contributed by atoms with Crippen LogP contribution in [0.15, 0.2) is 22.4 Å². The van der Waals surface area contributed by atoms with Gasteiger partial charge in [-0.05, 0) is 0 Å². The maximum Gasteiger partial charge on any atom is 0.356 e. The fourth-order valence-corrected chi connectivity index (χ4v) is 3.27. The number of ether oxygens (including phenoxy) is 1. The summed E-state index contributed by atoms with van der Waals surface area (Å²) in [5, 5.41) is 3.25. The molecular formula is C13H10ClN5O2S. The Hall–Kier alpha value is -2.19. The lowest BCUT2D eigenvalue weighted by atomic mass is 10.2. The predicted molar refractivity (Wildman–Crippen MR) is 84.6 cm³/mol. The smallest absolute Gasteiger partial charge is 0.356 e. The molecule has 0 aromatic carbocycles. The number of hydrogen-bond donors (Lipinski definition) is 0. The molecule has 0 amide bonds. The van der Waals surface area contributed by atoms with Crippen LogP contribution in [0, 0.1) is 0 Å². The fraction of sp³-hybridized carbons (Fsp3) is 0.231. The second-order valence-electron chi connectivity index (χ2n) is 4.78. The first-order chi connectivity index (χ1) is 10.6. The molecule has 4 heterocycles. The molecule has 4 rings (SSSR count). The van der Waals surface area contributed by atoms with Crippen molar-refractivity contribution in [2.75, 3.05) is 25.1 Å². The van der Waals surface area contributed by atoms with E-state index in [9.17, 15) is 4.79 Å². The SMILES string of the molecule is CN1CCOc2nc(Cl)cc3c2c1nc(=O)n3-c1nccs1. The molecule has 0 atom stereocenters. The Balaban J connectivity index is 2.20. The van der Waals surface area contributed by atoms with Crippen LogP contribution in [-0.2, 0) is 0 Å². The molecule has 0 radical (unpaired) electrons. The van der Waals surface area contributed by atoms with Crippen molar-refractivity contribution in [3.8, 4) is 11.0 Å². The van der Waals surface area contributed by atoms with E-state index in [-0.39, 0.29) is 5.15 Å². The lowest BCUT2D eigenvalue weighted by molar-refractivity contribution is 0.321. The van der Waals surface area contributed by atoms with E-state index in [1.54, 1.807) is 17.6 Å². The number of rotatable bonds is 1. The third-order valence-corrected chi connectivity index (χ3v) is 4.38. The van der Waals surface area contributed by atoms with Gasteiger partial charge in [-0.15, -0.1) is 11.3 Å². The van der Waals surface area contributed by atoms with E-state index in [0.717, 1.165) is 0 Å². The van der Waals surface area contributed by atoms with Gasteiger partial charge in [0.15, 0.2) is 5.13 Å². The Morgan fingerprint density at radius 2 is 2.27 bits per heavy atom. The zero-order valence-electron chi connectivity index (χ0n) is 11.5. The topological polar surface area (TPSA) is 73.1 Å². The van der Waals surface area contributed by atoms with Gasteiger partial charge in [0.05, 0.1) is 12.1 Å². The number of pyridine rings is 1. The highest BCUT2D eigenvalue weighted by molar-refractivity contribution is 7.12. The lowest BCUT2D eigenvalue weighted by Crippen LogP contribution is -2.28. The van der Waals surface area contributed by atoms with Crippen molar-refractivity contribution in [3.63, 3.8) is 0 Å². The van der Waals surface area contributed by atoms with Gasteiger partial charge in [0.1, 0.15) is 23.0 Å². The van der Waals surface area contributed by atoms with Gasteiger partial charge in [-0.1, -0.05) is 11.6 Å². The number of hydrogen-bond acceptors (Lipinski definition) is 7. The minimum atomic E-state index is -0.403. The quantitative estimate of drug-likeness (QED) is 0.630. The molecule has 0 aliphatic carbocycles. The number of nitrogens with zero attached hydrogens (tertiary/aromatic N) is 5. The first kappa shape index (κ1) is 13.5. The molecule has 1 aliphatic heterocycles. The van der Waals surface area contributed by atoms with Crippen molar-refractivity contribution in [3.05, 3.63) is 33.3 Å². The van der Waals surface area contributed by atoms with Crippen molar-refractivity contribution in [1.82, 2.24) is 19.5 Å². The third-order valence-electron chi connectivity index (χ3n) is 3.43. The highest BCUT2D eigenvalue weighted by Crippen LogP contribution is 2.34. The van der Waals surface area contributed by atoms with Crippen molar-refractivity contribution < 1.29 is 4.74 Å². The Morgan fingerprint density at radius 3 is 3.05 bits per heavy atom. The first-order valence-corrected chi connectivity index (χ1v) is 7.78. The van der Waals surface area contributed by atoms with Crippen molar-refractivity contribution in [2.24, 2.45) is 0 Å². The number of thiazole rings is 1. The van der Waals surface area contributed by atoms with E-state index >= 15 is 0 Å². The van der Waals surface area contributed by atoms with Crippen LogP contribution in [0.5, 0.6) is 5.88 Å². The normalized spacial score (nSPS) is 14.0. The van der Waals surface area contributed by atoms with E-state index in [0.29, 0.717) is 40.9 Å². The second-order valence-corrected chi connectivity index (χ2v) is 6.04. The highest BCUT2D eigenvalue weighted by atomic mass is 35.5. The van der Waals surface area contributed by atoms with Crippen LogP contribution in [-0.4, -0.2) is 39.7 Å². The average Bonchev–Trinajstić information content (AvgIpc) is 2.94. The Labute approximate surface area is 133 Å². The summed E-state index contributed by atoms with van der Waals surface area (Å²) >= 11 is 7.45. The molecule has 0 spiro atoms. The number of likely N-dealkylation sites (N-methyl/N-ethyl adjacent to an activating group) is 1. The summed E-state index contributed by atoms with van der Waals surface area (Å²) in [6, 6.07) is 1.64. The van der Waals surface area contributed by atoms with Gasteiger partial charge in [-0.2, -0.15) is 4.98 Å². The van der Waals surface area contributed by atoms with Crippen LogP contribution in [0.4, 0.5) is 5.82 Å². The zero-order valence-corrected chi connectivity index (χ0v) is 13.1. The van der Waals surface area contributed by atoms with Crippen LogP contribution in [0.2, 0.25) is 5.15 Å². The predicted octanol–water partition coefficient (Wildman–Crippen LogP) is 1.72. The van der Waals surface area contributed by atoms with Crippen LogP contribution in [0.3, 0.4) is 0 Å². The maximum atomic E-state index is 12.5. The molecule has 1 aliphatic rings. The molecule has 0 fully saturated rings. The van der Waals surface area contributed by atoms with Gasteiger partial charge in [-0.3, -0.25) is 0 Å². The van der Waals surface area contributed by atoms with Gasteiger partial charge in [-0.25, -0.2) is 19.3 Å².